The highest BCUT2D eigenvalue weighted by Gasteiger charge is 2.24. The maximum atomic E-state index is 12.8. The van der Waals surface area contributed by atoms with E-state index in [2.05, 4.69) is 15.6 Å². The summed E-state index contributed by atoms with van der Waals surface area (Å²) in [6.45, 7) is 0.723. The topological polar surface area (TPSA) is 54.0 Å². The predicted molar refractivity (Wildman–Crippen MR) is 83.3 cm³/mol. The number of hydrogen-bond donors (Lipinski definition) is 2. The van der Waals surface area contributed by atoms with Crippen molar-refractivity contribution in [3.05, 3.63) is 59.7 Å². The number of hydrogen-bond acceptors (Lipinski definition) is 3. The maximum Gasteiger partial charge on any atom is 0.270 e. The number of rotatable bonds is 6. The summed E-state index contributed by atoms with van der Waals surface area (Å²) in [5.74, 6) is -0.332. The first-order chi connectivity index (χ1) is 10.7. The molecular formula is C17H18FN3O. The Bertz CT molecular complexity index is 636. The standard InChI is InChI=1S/C17H18FN3O/c18-13-3-1-12(2-4-13)9-10-19-15-7-8-16(20-11-15)17(22)21-14-5-6-14/h1-4,7-8,11,14,19H,5-6,9-10H2,(H,21,22). The molecule has 1 aliphatic rings. The SMILES string of the molecule is O=C(NC1CC1)c1ccc(NCCc2ccc(F)cc2)cn1. The number of carbonyl (C=O) groups is 1. The van der Waals surface area contributed by atoms with Crippen LogP contribution in [0.2, 0.25) is 0 Å². The van der Waals surface area contributed by atoms with Gasteiger partial charge >= 0.3 is 0 Å². The monoisotopic (exact) mass is 299 g/mol. The van der Waals surface area contributed by atoms with Crippen molar-refractivity contribution in [3.8, 4) is 0 Å². The Morgan fingerprint density at radius 3 is 2.59 bits per heavy atom. The van der Waals surface area contributed by atoms with Gasteiger partial charge in [0.15, 0.2) is 0 Å². The van der Waals surface area contributed by atoms with Gasteiger partial charge in [-0.1, -0.05) is 12.1 Å². The van der Waals surface area contributed by atoms with Crippen LogP contribution in [0.3, 0.4) is 0 Å². The number of aromatic nitrogens is 1. The summed E-state index contributed by atoms with van der Waals surface area (Å²) in [5, 5.41) is 6.15. The highest BCUT2D eigenvalue weighted by Crippen LogP contribution is 2.19. The molecule has 1 aliphatic carbocycles. The van der Waals surface area contributed by atoms with Crippen LogP contribution in [0, 0.1) is 5.82 Å². The second-order valence-corrected chi connectivity index (χ2v) is 5.48. The molecule has 4 nitrogen and oxygen atoms in total. The summed E-state index contributed by atoms with van der Waals surface area (Å²) in [4.78, 5) is 16.0. The van der Waals surface area contributed by atoms with E-state index < -0.39 is 0 Å². The van der Waals surface area contributed by atoms with Crippen LogP contribution in [0.1, 0.15) is 28.9 Å². The molecule has 2 N–H and O–H groups in total. The number of halogens is 1. The number of pyridine rings is 1. The van der Waals surface area contributed by atoms with Crippen LogP contribution in [0.15, 0.2) is 42.6 Å². The lowest BCUT2D eigenvalue weighted by Crippen LogP contribution is -2.26. The van der Waals surface area contributed by atoms with Crippen molar-refractivity contribution < 1.29 is 9.18 Å². The van der Waals surface area contributed by atoms with Gasteiger partial charge in [-0.05, 0) is 49.1 Å². The Kier molecular flexibility index (Phi) is 4.32. The summed E-state index contributed by atoms with van der Waals surface area (Å²) in [7, 11) is 0. The van der Waals surface area contributed by atoms with E-state index in [9.17, 15) is 9.18 Å². The molecule has 114 valence electrons. The van der Waals surface area contributed by atoms with Gasteiger partial charge < -0.3 is 10.6 Å². The zero-order chi connectivity index (χ0) is 15.4. The molecule has 2 aromatic rings. The average Bonchev–Trinajstić information content (AvgIpc) is 3.34. The molecule has 3 rings (SSSR count). The first-order valence-electron chi connectivity index (χ1n) is 7.46. The molecule has 1 fully saturated rings. The lowest BCUT2D eigenvalue weighted by atomic mass is 10.1. The molecule has 1 saturated carbocycles. The van der Waals surface area contributed by atoms with Crippen molar-refractivity contribution in [2.24, 2.45) is 0 Å². The number of nitrogens with zero attached hydrogens (tertiary/aromatic N) is 1. The van der Waals surface area contributed by atoms with Gasteiger partial charge in [-0.3, -0.25) is 4.79 Å². The summed E-state index contributed by atoms with van der Waals surface area (Å²) in [5.41, 5.74) is 2.38. The van der Waals surface area contributed by atoms with Gasteiger partial charge in [0.2, 0.25) is 0 Å². The number of amides is 1. The van der Waals surface area contributed by atoms with E-state index in [-0.39, 0.29) is 11.7 Å². The van der Waals surface area contributed by atoms with Crippen molar-refractivity contribution in [1.29, 1.82) is 0 Å². The first kappa shape index (κ1) is 14.5. The number of benzene rings is 1. The van der Waals surface area contributed by atoms with Crippen LogP contribution in [0.5, 0.6) is 0 Å². The largest absolute Gasteiger partial charge is 0.383 e. The quantitative estimate of drug-likeness (QED) is 0.862. The Labute approximate surface area is 128 Å². The molecule has 0 spiro atoms. The Morgan fingerprint density at radius 2 is 1.95 bits per heavy atom. The minimum Gasteiger partial charge on any atom is -0.383 e. The molecule has 5 heteroatoms. The number of carbonyl (C=O) groups excluding carboxylic acids is 1. The van der Waals surface area contributed by atoms with E-state index in [0.717, 1.165) is 37.1 Å². The summed E-state index contributed by atoms with van der Waals surface area (Å²) in [6.07, 6.45) is 4.58. The van der Waals surface area contributed by atoms with Crippen molar-refractivity contribution in [3.63, 3.8) is 0 Å². The van der Waals surface area contributed by atoms with E-state index in [4.69, 9.17) is 0 Å². The normalized spacial score (nSPS) is 13.7. The molecule has 1 heterocycles. The molecule has 0 saturated heterocycles. The molecule has 0 aliphatic heterocycles. The van der Waals surface area contributed by atoms with E-state index in [0.29, 0.717) is 11.7 Å². The maximum absolute atomic E-state index is 12.8. The van der Waals surface area contributed by atoms with Crippen LogP contribution in [-0.4, -0.2) is 23.5 Å². The van der Waals surface area contributed by atoms with Gasteiger partial charge in [-0.15, -0.1) is 0 Å². The van der Waals surface area contributed by atoms with Crippen LogP contribution in [0.4, 0.5) is 10.1 Å². The molecule has 0 bridgehead atoms. The highest BCUT2D eigenvalue weighted by molar-refractivity contribution is 5.92. The van der Waals surface area contributed by atoms with Crippen molar-refractivity contribution in [2.45, 2.75) is 25.3 Å². The van der Waals surface area contributed by atoms with E-state index in [1.165, 1.54) is 12.1 Å². The smallest absolute Gasteiger partial charge is 0.270 e. The van der Waals surface area contributed by atoms with Crippen LogP contribution >= 0.6 is 0 Å². The molecule has 22 heavy (non-hydrogen) atoms. The lowest BCUT2D eigenvalue weighted by Gasteiger charge is -2.07. The third kappa shape index (κ3) is 4.04. The summed E-state index contributed by atoms with van der Waals surface area (Å²) in [6, 6.07) is 10.4. The van der Waals surface area contributed by atoms with Crippen LogP contribution < -0.4 is 10.6 Å². The fourth-order valence-electron chi connectivity index (χ4n) is 2.12. The Balaban J connectivity index is 1.48. The average molecular weight is 299 g/mol. The van der Waals surface area contributed by atoms with Gasteiger partial charge in [0.25, 0.3) is 5.91 Å². The predicted octanol–water partition coefficient (Wildman–Crippen LogP) is 2.77. The van der Waals surface area contributed by atoms with Gasteiger partial charge in [0, 0.05) is 12.6 Å². The van der Waals surface area contributed by atoms with E-state index in [1.807, 2.05) is 6.07 Å². The molecule has 1 aromatic heterocycles. The van der Waals surface area contributed by atoms with E-state index in [1.54, 1.807) is 24.4 Å². The minimum absolute atomic E-state index is 0.111. The molecule has 1 amide bonds. The zero-order valence-electron chi connectivity index (χ0n) is 12.2. The zero-order valence-corrected chi connectivity index (χ0v) is 12.2. The van der Waals surface area contributed by atoms with Crippen LogP contribution in [0.25, 0.3) is 0 Å². The molecule has 0 radical (unpaired) electrons. The molecular weight excluding hydrogens is 281 g/mol. The van der Waals surface area contributed by atoms with Crippen molar-refractivity contribution >= 4 is 11.6 Å². The molecule has 1 aromatic carbocycles. The van der Waals surface area contributed by atoms with Crippen molar-refractivity contribution in [1.82, 2.24) is 10.3 Å². The third-order valence-corrected chi connectivity index (χ3v) is 3.56. The highest BCUT2D eigenvalue weighted by atomic mass is 19.1. The second kappa shape index (κ2) is 6.56. The van der Waals surface area contributed by atoms with Crippen molar-refractivity contribution in [2.75, 3.05) is 11.9 Å². The van der Waals surface area contributed by atoms with Gasteiger partial charge in [-0.2, -0.15) is 0 Å². The fraction of sp³-hybridized carbons (Fsp3) is 0.294. The van der Waals surface area contributed by atoms with E-state index >= 15 is 0 Å². The fourth-order valence-corrected chi connectivity index (χ4v) is 2.12. The minimum atomic E-state index is -0.221. The summed E-state index contributed by atoms with van der Waals surface area (Å²) < 4.78 is 12.8. The van der Waals surface area contributed by atoms with Gasteiger partial charge in [0.05, 0.1) is 11.9 Å². The molecule has 0 atom stereocenters. The van der Waals surface area contributed by atoms with Gasteiger partial charge in [-0.25, -0.2) is 9.37 Å². The summed E-state index contributed by atoms with van der Waals surface area (Å²) >= 11 is 0. The Hall–Kier alpha value is -2.43. The molecule has 0 unspecified atom stereocenters. The third-order valence-electron chi connectivity index (χ3n) is 3.56. The second-order valence-electron chi connectivity index (χ2n) is 5.48. The lowest BCUT2D eigenvalue weighted by molar-refractivity contribution is 0.0946. The first-order valence-corrected chi connectivity index (χ1v) is 7.46. The number of anilines is 1. The Morgan fingerprint density at radius 1 is 1.18 bits per heavy atom. The van der Waals surface area contributed by atoms with Crippen LogP contribution in [-0.2, 0) is 6.42 Å². The number of nitrogens with one attached hydrogen (secondary N) is 2. The van der Waals surface area contributed by atoms with Gasteiger partial charge in [0.1, 0.15) is 11.5 Å².